The minimum atomic E-state index is -0.0132. The van der Waals surface area contributed by atoms with Crippen molar-refractivity contribution >= 4 is 28.9 Å². The van der Waals surface area contributed by atoms with E-state index in [2.05, 4.69) is 20.8 Å². The molecule has 0 aliphatic rings. The summed E-state index contributed by atoms with van der Waals surface area (Å²) in [5.41, 5.74) is 6.17. The van der Waals surface area contributed by atoms with Gasteiger partial charge in [0.1, 0.15) is 4.99 Å². The van der Waals surface area contributed by atoms with E-state index >= 15 is 0 Å². The van der Waals surface area contributed by atoms with E-state index in [1.165, 1.54) is 6.20 Å². The van der Waals surface area contributed by atoms with Crippen molar-refractivity contribution in [1.29, 1.82) is 0 Å². The largest absolute Gasteiger partial charge is 0.389 e. The van der Waals surface area contributed by atoms with Gasteiger partial charge in [-0.15, -0.1) is 5.10 Å². The van der Waals surface area contributed by atoms with Crippen LogP contribution in [0.15, 0.2) is 12.3 Å². The molecule has 7 heteroatoms. The number of carbonyl (C=O) groups is 1. The Kier molecular flexibility index (Phi) is 5.28. The van der Waals surface area contributed by atoms with Gasteiger partial charge in [-0.1, -0.05) is 12.2 Å². The van der Waals surface area contributed by atoms with Crippen LogP contribution in [0.4, 0.5) is 5.82 Å². The SMILES string of the molecule is CCNC(=O)CCNc1nnccc1C(N)=S. The third kappa shape index (κ3) is 4.31. The maximum atomic E-state index is 11.2. The Hall–Kier alpha value is -1.76. The molecule has 0 radical (unpaired) electrons. The summed E-state index contributed by atoms with van der Waals surface area (Å²) in [7, 11) is 0. The van der Waals surface area contributed by atoms with Gasteiger partial charge in [0.15, 0.2) is 5.82 Å². The first kappa shape index (κ1) is 13.3. The normalized spacial score (nSPS) is 9.71. The van der Waals surface area contributed by atoms with Crippen LogP contribution in [0, 0.1) is 0 Å². The monoisotopic (exact) mass is 253 g/mol. The number of carbonyl (C=O) groups excluding carboxylic acids is 1. The molecule has 1 amide bonds. The summed E-state index contributed by atoms with van der Waals surface area (Å²) in [5, 5.41) is 13.3. The highest BCUT2D eigenvalue weighted by atomic mass is 32.1. The second-order valence-corrected chi connectivity index (χ2v) is 3.73. The Labute approximate surface area is 105 Å². The first-order chi connectivity index (χ1) is 8.15. The predicted octanol–water partition coefficient (Wildman–Crippen LogP) is 0.0489. The van der Waals surface area contributed by atoms with Gasteiger partial charge >= 0.3 is 0 Å². The summed E-state index contributed by atoms with van der Waals surface area (Å²) in [5.74, 6) is 0.491. The summed E-state index contributed by atoms with van der Waals surface area (Å²) < 4.78 is 0. The van der Waals surface area contributed by atoms with Crippen molar-refractivity contribution in [2.75, 3.05) is 18.4 Å². The molecule has 0 aromatic carbocycles. The van der Waals surface area contributed by atoms with E-state index in [1.54, 1.807) is 6.07 Å². The lowest BCUT2D eigenvalue weighted by atomic mass is 10.2. The van der Waals surface area contributed by atoms with Crippen LogP contribution in [0.1, 0.15) is 18.9 Å². The zero-order chi connectivity index (χ0) is 12.7. The minimum absolute atomic E-state index is 0.0132. The molecule has 92 valence electrons. The lowest BCUT2D eigenvalue weighted by molar-refractivity contribution is -0.120. The van der Waals surface area contributed by atoms with Crippen LogP contribution >= 0.6 is 12.2 Å². The number of amides is 1. The number of aromatic nitrogens is 2. The number of anilines is 1. The molecule has 0 saturated carbocycles. The molecule has 0 spiro atoms. The predicted molar refractivity (Wildman–Crippen MR) is 69.7 cm³/mol. The van der Waals surface area contributed by atoms with Crippen LogP contribution in [0.3, 0.4) is 0 Å². The topological polar surface area (TPSA) is 92.9 Å². The molecule has 0 fully saturated rings. The molecule has 0 aliphatic heterocycles. The van der Waals surface area contributed by atoms with Gasteiger partial charge in [-0.3, -0.25) is 4.79 Å². The Morgan fingerprint density at radius 1 is 1.59 bits per heavy atom. The Morgan fingerprint density at radius 3 is 3.00 bits per heavy atom. The van der Waals surface area contributed by atoms with Crippen molar-refractivity contribution in [1.82, 2.24) is 15.5 Å². The molecular formula is C10H15N5OS. The maximum absolute atomic E-state index is 11.2. The van der Waals surface area contributed by atoms with E-state index in [-0.39, 0.29) is 10.9 Å². The van der Waals surface area contributed by atoms with Crippen molar-refractivity contribution in [2.45, 2.75) is 13.3 Å². The molecule has 0 unspecified atom stereocenters. The first-order valence-corrected chi connectivity index (χ1v) is 5.68. The van der Waals surface area contributed by atoms with Gasteiger partial charge in [0.05, 0.1) is 11.8 Å². The van der Waals surface area contributed by atoms with E-state index in [0.717, 1.165) is 0 Å². The van der Waals surface area contributed by atoms with Crippen LogP contribution in [0.5, 0.6) is 0 Å². The van der Waals surface area contributed by atoms with Crippen LogP contribution in [0.25, 0.3) is 0 Å². The van der Waals surface area contributed by atoms with Gasteiger partial charge in [-0.25, -0.2) is 0 Å². The van der Waals surface area contributed by atoms with Crippen LogP contribution in [-0.2, 0) is 4.79 Å². The highest BCUT2D eigenvalue weighted by Gasteiger charge is 2.06. The van der Waals surface area contributed by atoms with Crippen molar-refractivity contribution in [2.24, 2.45) is 5.73 Å². The summed E-state index contributed by atoms with van der Waals surface area (Å²) >= 11 is 4.88. The van der Waals surface area contributed by atoms with Crippen LogP contribution in [0.2, 0.25) is 0 Å². The highest BCUT2D eigenvalue weighted by Crippen LogP contribution is 2.09. The van der Waals surface area contributed by atoms with Crippen molar-refractivity contribution in [3.8, 4) is 0 Å². The van der Waals surface area contributed by atoms with Crippen molar-refractivity contribution in [3.63, 3.8) is 0 Å². The molecule has 0 saturated heterocycles. The molecule has 1 heterocycles. The fourth-order valence-electron chi connectivity index (χ4n) is 1.24. The molecule has 0 atom stereocenters. The summed E-state index contributed by atoms with van der Waals surface area (Å²) in [6.07, 6.45) is 1.88. The second kappa shape index (κ2) is 6.74. The zero-order valence-electron chi connectivity index (χ0n) is 9.56. The third-order valence-electron chi connectivity index (χ3n) is 2.00. The van der Waals surface area contributed by atoms with E-state index in [9.17, 15) is 4.79 Å². The zero-order valence-corrected chi connectivity index (χ0v) is 10.4. The van der Waals surface area contributed by atoms with Crippen molar-refractivity contribution < 1.29 is 4.79 Å². The van der Waals surface area contributed by atoms with Gasteiger partial charge in [-0.05, 0) is 13.0 Å². The number of hydrogen-bond acceptors (Lipinski definition) is 5. The van der Waals surface area contributed by atoms with Crippen molar-refractivity contribution in [3.05, 3.63) is 17.8 Å². The summed E-state index contributed by atoms with van der Waals surface area (Å²) in [6.45, 7) is 2.96. The number of thiocarbonyl (C=S) groups is 1. The first-order valence-electron chi connectivity index (χ1n) is 5.27. The molecule has 1 aromatic heterocycles. The Morgan fingerprint density at radius 2 is 2.35 bits per heavy atom. The smallest absolute Gasteiger partial charge is 0.221 e. The highest BCUT2D eigenvalue weighted by molar-refractivity contribution is 7.80. The average molecular weight is 253 g/mol. The summed E-state index contributed by atoms with van der Waals surface area (Å²) in [6, 6.07) is 1.68. The molecule has 6 nitrogen and oxygen atoms in total. The molecule has 0 bridgehead atoms. The third-order valence-corrected chi connectivity index (χ3v) is 2.22. The lowest BCUT2D eigenvalue weighted by Gasteiger charge is -2.08. The lowest BCUT2D eigenvalue weighted by Crippen LogP contribution is -2.25. The number of rotatable bonds is 6. The second-order valence-electron chi connectivity index (χ2n) is 3.29. The molecule has 17 heavy (non-hydrogen) atoms. The van der Waals surface area contributed by atoms with E-state index in [0.29, 0.717) is 30.9 Å². The quantitative estimate of drug-likeness (QED) is 0.620. The number of nitrogens with two attached hydrogens (primary N) is 1. The van der Waals surface area contributed by atoms with Crippen LogP contribution < -0.4 is 16.4 Å². The van der Waals surface area contributed by atoms with Gasteiger partial charge in [0.2, 0.25) is 5.91 Å². The van der Waals surface area contributed by atoms with E-state index in [4.69, 9.17) is 18.0 Å². The maximum Gasteiger partial charge on any atom is 0.221 e. The van der Waals surface area contributed by atoms with Gasteiger partial charge in [-0.2, -0.15) is 5.10 Å². The standard InChI is InChI=1S/C10H15N5OS/c1-2-12-8(16)4-5-13-10-7(9(11)17)3-6-14-15-10/h3,6H,2,4-5H2,1H3,(H2,11,17)(H,12,16)(H,13,15). The number of nitrogens with zero attached hydrogens (tertiary/aromatic N) is 2. The summed E-state index contributed by atoms with van der Waals surface area (Å²) in [4.78, 5) is 11.5. The molecular weight excluding hydrogens is 238 g/mol. The Balaban J connectivity index is 2.52. The van der Waals surface area contributed by atoms with Gasteiger partial charge in [0, 0.05) is 19.5 Å². The molecule has 4 N–H and O–H groups in total. The Bertz CT molecular complexity index is 409. The fourth-order valence-corrected chi connectivity index (χ4v) is 1.41. The molecule has 1 aromatic rings. The molecule has 1 rings (SSSR count). The minimum Gasteiger partial charge on any atom is -0.389 e. The average Bonchev–Trinajstić information content (AvgIpc) is 2.30. The van der Waals surface area contributed by atoms with Gasteiger partial charge < -0.3 is 16.4 Å². The number of nitrogens with one attached hydrogen (secondary N) is 2. The molecule has 0 aliphatic carbocycles. The van der Waals surface area contributed by atoms with E-state index < -0.39 is 0 Å². The van der Waals surface area contributed by atoms with E-state index in [1.807, 2.05) is 6.92 Å². The van der Waals surface area contributed by atoms with Gasteiger partial charge in [0.25, 0.3) is 0 Å². The fraction of sp³-hybridized carbons (Fsp3) is 0.400. The number of hydrogen-bond donors (Lipinski definition) is 3. The van der Waals surface area contributed by atoms with Crippen LogP contribution in [-0.4, -0.2) is 34.2 Å².